The smallest absolute Gasteiger partial charge is 0.246 e. The van der Waals surface area contributed by atoms with Crippen LogP contribution >= 0.6 is 11.8 Å². The van der Waals surface area contributed by atoms with Crippen molar-refractivity contribution in [2.75, 3.05) is 12.4 Å². The molecule has 1 heterocycles. The molecule has 24 heavy (non-hydrogen) atoms. The number of aromatic nitrogens is 3. The number of benzene rings is 2. The standard InChI is InChI=1S/C17H16N4O2S/c1-23-14-4-8-16(9-5-14)24-15-6-2-13(3-7-15)20-17(22)10-21-12-18-11-19-21/h2-9,11-12H,10H2,1H3,(H,20,22). The fraction of sp³-hybridized carbons (Fsp3) is 0.118. The molecule has 0 aliphatic heterocycles. The third-order valence-electron chi connectivity index (χ3n) is 3.21. The van der Waals surface area contributed by atoms with Crippen molar-refractivity contribution in [1.82, 2.24) is 14.8 Å². The number of carbonyl (C=O) groups is 1. The average molecular weight is 340 g/mol. The van der Waals surface area contributed by atoms with Gasteiger partial charge in [-0.1, -0.05) is 11.8 Å². The fourth-order valence-corrected chi connectivity index (χ4v) is 2.86. The van der Waals surface area contributed by atoms with Crippen molar-refractivity contribution in [2.45, 2.75) is 16.3 Å². The van der Waals surface area contributed by atoms with Crippen molar-refractivity contribution in [2.24, 2.45) is 0 Å². The lowest BCUT2D eigenvalue weighted by atomic mass is 10.3. The summed E-state index contributed by atoms with van der Waals surface area (Å²) >= 11 is 1.65. The Kier molecular flexibility index (Phi) is 5.12. The van der Waals surface area contributed by atoms with E-state index < -0.39 is 0 Å². The minimum Gasteiger partial charge on any atom is -0.497 e. The molecular formula is C17H16N4O2S. The first-order valence-corrected chi connectivity index (χ1v) is 8.09. The summed E-state index contributed by atoms with van der Waals surface area (Å²) in [7, 11) is 1.65. The minimum absolute atomic E-state index is 0.141. The molecule has 0 aliphatic carbocycles. The van der Waals surface area contributed by atoms with Gasteiger partial charge in [0.25, 0.3) is 0 Å². The highest BCUT2D eigenvalue weighted by atomic mass is 32.2. The van der Waals surface area contributed by atoms with E-state index >= 15 is 0 Å². The van der Waals surface area contributed by atoms with E-state index in [4.69, 9.17) is 4.74 Å². The Morgan fingerprint density at radius 1 is 1.12 bits per heavy atom. The molecule has 6 nitrogen and oxygen atoms in total. The van der Waals surface area contributed by atoms with Crippen LogP contribution in [0, 0.1) is 0 Å². The van der Waals surface area contributed by atoms with E-state index in [-0.39, 0.29) is 12.5 Å². The second-order valence-electron chi connectivity index (χ2n) is 4.94. The van der Waals surface area contributed by atoms with E-state index in [9.17, 15) is 4.79 Å². The summed E-state index contributed by atoms with van der Waals surface area (Å²) < 4.78 is 6.63. The highest BCUT2D eigenvalue weighted by molar-refractivity contribution is 7.99. The summed E-state index contributed by atoms with van der Waals surface area (Å²) in [6, 6.07) is 15.6. The van der Waals surface area contributed by atoms with Gasteiger partial charge >= 0.3 is 0 Å². The minimum atomic E-state index is -0.143. The van der Waals surface area contributed by atoms with Crippen LogP contribution in [0.1, 0.15) is 0 Å². The van der Waals surface area contributed by atoms with Crippen LogP contribution in [0.2, 0.25) is 0 Å². The molecule has 3 rings (SSSR count). The number of hydrogen-bond donors (Lipinski definition) is 1. The summed E-state index contributed by atoms with van der Waals surface area (Å²) in [6.07, 6.45) is 2.91. The molecule has 1 aromatic heterocycles. The van der Waals surface area contributed by atoms with Crippen LogP contribution in [0.15, 0.2) is 71.0 Å². The molecule has 0 saturated carbocycles. The van der Waals surface area contributed by atoms with E-state index in [1.165, 1.54) is 17.3 Å². The summed E-state index contributed by atoms with van der Waals surface area (Å²) in [5.41, 5.74) is 0.749. The highest BCUT2D eigenvalue weighted by Crippen LogP contribution is 2.29. The number of rotatable bonds is 6. The van der Waals surface area contributed by atoms with Crippen LogP contribution in [0.25, 0.3) is 0 Å². The predicted octanol–water partition coefficient (Wildman–Crippen LogP) is 3.08. The number of anilines is 1. The monoisotopic (exact) mass is 340 g/mol. The van der Waals surface area contributed by atoms with Gasteiger partial charge in [-0.25, -0.2) is 9.67 Å². The van der Waals surface area contributed by atoms with Crippen molar-refractivity contribution in [1.29, 1.82) is 0 Å². The third-order valence-corrected chi connectivity index (χ3v) is 4.22. The Balaban J connectivity index is 1.57. The van der Waals surface area contributed by atoms with Gasteiger partial charge in [-0.2, -0.15) is 5.10 Å². The normalized spacial score (nSPS) is 10.4. The lowest BCUT2D eigenvalue weighted by Gasteiger charge is -2.07. The van der Waals surface area contributed by atoms with Crippen LogP contribution in [0.3, 0.4) is 0 Å². The molecule has 7 heteroatoms. The molecule has 0 saturated heterocycles. The number of nitrogens with zero attached hydrogens (tertiary/aromatic N) is 3. The van der Waals surface area contributed by atoms with Crippen LogP contribution < -0.4 is 10.1 Å². The molecule has 0 spiro atoms. The average Bonchev–Trinajstić information content (AvgIpc) is 3.10. The second kappa shape index (κ2) is 7.65. The van der Waals surface area contributed by atoms with Crippen LogP contribution in [0.5, 0.6) is 5.75 Å². The number of nitrogens with one attached hydrogen (secondary N) is 1. The van der Waals surface area contributed by atoms with E-state index in [2.05, 4.69) is 15.4 Å². The molecule has 2 aromatic carbocycles. The molecule has 0 bridgehead atoms. The molecule has 122 valence electrons. The van der Waals surface area contributed by atoms with Crippen LogP contribution in [0.4, 0.5) is 5.69 Å². The molecule has 0 radical (unpaired) electrons. The third kappa shape index (κ3) is 4.36. The molecule has 3 aromatic rings. The number of ether oxygens (including phenoxy) is 1. The van der Waals surface area contributed by atoms with Crippen molar-refractivity contribution >= 4 is 23.4 Å². The molecule has 1 amide bonds. The lowest BCUT2D eigenvalue weighted by molar-refractivity contribution is -0.116. The maximum atomic E-state index is 11.9. The molecule has 0 aliphatic rings. The SMILES string of the molecule is COc1ccc(Sc2ccc(NC(=O)Cn3cncn3)cc2)cc1. The summed E-state index contributed by atoms with van der Waals surface area (Å²) in [5, 5.41) is 6.74. The van der Waals surface area contributed by atoms with Gasteiger partial charge in [0, 0.05) is 15.5 Å². The number of carbonyl (C=O) groups excluding carboxylic acids is 1. The Hall–Kier alpha value is -2.80. The Bertz CT molecular complexity index is 786. The molecule has 0 unspecified atom stereocenters. The number of methoxy groups -OCH3 is 1. The second-order valence-corrected chi connectivity index (χ2v) is 6.09. The number of hydrogen-bond acceptors (Lipinski definition) is 5. The molecule has 1 N–H and O–H groups in total. The Morgan fingerprint density at radius 3 is 2.38 bits per heavy atom. The van der Waals surface area contributed by atoms with Crippen molar-refractivity contribution < 1.29 is 9.53 Å². The quantitative estimate of drug-likeness (QED) is 0.747. The van der Waals surface area contributed by atoms with Crippen molar-refractivity contribution in [3.8, 4) is 5.75 Å². The fourth-order valence-electron chi connectivity index (χ4n) is 2.05. The van der Waals surface area contributed by atoms with Crippen LogP contribution in [-0.4, -0.2) is 27.8 Å². The van der Waals surface area contributed by atoms with Crippen molar-refractivity contribution in [3.05, 3.63) is 61.2 Å². The van der Waals surface area contributed by atoms with Gasteiger partial charge in [0.2, 0.25) is 5.91 Å². The maximum Gasteiger partial charge on any atom is 0.246 e. The first-order valence-electron chi connectivity index (χ1n) is 7.27. The predicted molar refractivity (Wildman–Crippen MR) is 92.2 cm³/mol. The van der Waals surface area contributed by atoms with E-state index in [1.54, 1.807) is 18.9 Å². The topological polar surface area (TPSA) is 69.0 Å². The summed E-state index contributed by atoms with van der Waals surface area (Å²) in [4.78, 5) is 17.9. The van der Waals surface area contributed by atoms with Gasteiger partial charge in [0.15, 0.2) is 0 Å². The Morgan fingerprint density at radius 2 is 1.79 bits per heavy atom. The lowest BCUT2D eigenvalue weighted by Crippen LogP contribution is -2.18. The van der Waals surface area contributed by atoms with Crippen molar-refractivity contribution in [3.63, 3.8) is 0 Å². The summed E-state index contributed by atoms with van der Waals surface area (Å²) in [6.45, 7) is 0.141. The van der Waals surface area contributed by atoms with Gasteiger partial charge in [-0.3, -0.25) is 4.79 Å². The zero-order valence-corrected chi connectivity index (χ0v) is 13.9. The van der Waals surface area contributed by atoms with E-state index in [1.807, 2.05) is 48.5 Å². The summed E-state index contributed by atoms with van der Waals surface area (Å²) in [5.74, 6) is 0.695. The number of amides is 1. The molecule has 0 atom stereocenters. The first-order chi connectivity index (χ1) is 11.7. The van der Waals surface area contributed by atoms with Gasteiger partial charge in [-0.05, 0) is 48.5 Å². The van der Waals surface area contributed by atoms with Crippen LogP contribution in [-0.2, 0) is 11.3 Å². The Labute approximate surface area is 143 Å². The zero-order valence-electron chi connectivity index (χ0n) is 13.0. The largest absolute Gasteiger partial charge is 0.497 e. The van der Waals surface area contributed by atoms with E-state index in [0.717, 1.165) is 21.2 Å². The zero-order chi connectivity index (χ0) is 16.8. The van der Waals surface area contributed by atoms with Gasteiger partial charge < -0.3 is 10.1 Å². The van der Waals surface area contributed by atoms with Gasteiger partial charge in [0.1, 0.15) is 24.9 Å². The maximum absolute atomic E-state index is 11.9. The molecular weight excluding hydrogens is 324 g/mol. The van der Waals surface area contributed by atoms with Gasteiger partial charge in [0.05, 0.1) is 7.11 Å². The first kappa shape index (κ1) is 16.1. The molecule has 0 fully saturated rings. The van der Waals surface area contributed by atoms with Gasteiger partial charge in [-0.15, -0.1) is 0 Å². The van der Waals surface area contributed by atoms with E-state index in [0.29, 0.717) is 0 Å². The highest BCUT2D eigenvalue weighted by Gasteiger charge is 2.04.